The van der Waals surface area contributed by atoms with Gasteiger partial charge in [0.1, 0.15) is 16.7 Å². The van der Waals surface area contributed by atoms with Gasteiger partial charge in [0.15, 0.2) is 0 Å². The SMILES string of the molecule is CCNc1cc(SC(C)CO)nc(C(C)(C)C)n1. The van der Waals surface area contributed by atoms with Crippen LogP contribution in [0.3, 0.4) is 0 Å². The van der Waals surface area contributed by atoms with Crippen molar-refractivity contribution in [2.24, 2.45) is 0 Å². The number of hydrogen-bond acceptors (Lipinski definition) is 5. The predicted octanol–water partition coefficient (Wildman–Crippen LogP) is 2.68. The van der Waals surface area contributed by atoms with Gasteiger partial charge in [-0.05, 0) is 6.92 Å². The maximum atomic E-state index is 9.12. The molecule has 0 aliphatic carbocycles. The minimum absolute atomic E-state index is 0.0802. The van der Waals surface area contributed by atoms with E-state index in [4.69, 9.17) is 5.11 Å². The monoisotopic (exact) mass is 269 g/mol. The fourth-order valence-electron chi connectivity index (χ4n) is 1.34. The summed E-state index contributed by atoms with van der Waals surface area (Å²) in [5.74, 6) is 1.68. The molecule has 18 heavy (non-hydrogen) atoms. The van der Waals surface area contributed by atoms with Crippen LogP contribution in [0.15, 0.2) is 11.1 Å². The van der Waals surface area contributed by atoms with Crippen molar-refractivity contribution in [1.82, 2.24) is 9.97 Å². The molecular weight excluding hydrogens is 246 g/mol. The molecule has 102 valence electrons. The summed E-state index contributed by atoms with van der Waals surface area (Å²) in [5, 5.41) is 13.4. The van der Waals surface area contributed by atoms with E-state index < -0.39 is 0 Å². The normalized spacial score (nSPS) is 13.4. The van der Waals surface area contributed by atoms with Crippen LogP contribution in [-0.4, -0.2) is 33.5 Å². The van der Waals surface area contributed by atoms with Crippen molar-refractivity contribution in [2.75, 3.05) is 18.5 Å². The topological polar surface area (TPSA) is 58.0 Å². The summed E-state index contributed by atoms with van der Waals surface area (Å²) in [7, 11) is 0. The second-order valence-electron chi connectivity index (χ2n) is 5.31. The molecule has 1 aromatic heterocycles. The molecule has 0 aliphatic heterocycles. The van der Waals surface area contributed by atoms with Crippen LogP contribution in [-0.2, 0) is 5.41 Å². The van der Waals surface area contributed by atoms with Crippen LogP contribution in [0.5, 0.6) is 0 Å². The van der Waals surface area contributed by atoms with Crippen molar-refractivity contribution in [3.8, 4) is 0 Å². The lowest BCUT2D eigenvalue weighted by Crippen LogP contribution is -2.18. The Morgan fingerprint density at radius 1 is 1.39 bits per heavy atom. The molecule has 0 bridgehead atoms. The first kappa shape index (κ1) is 15.2. The van der Waals surface area contributed by atoms with E-state index in [-0.39, 0.29) is 17.3 Å². The van der Waals surface area contributed by atoms with Gasteiger partial charge in [-0.3, -0.25) is 0 Å². The average molecular weight is 269 g/mol. The summed E-state index contributed by atoms with van der Waals surface area (Å²) in [5.41, 5.74) is -0.0802. The van der Waals surface area contributed by atoms with Crippen molar-refractivity contribution in [3.63, 3.8) is 0 Å². The number of rotatable bonds is 5. The highest BCUT2D eigenvalue weighted by Crippen LogP contribution is 2.27. The number of aliphatic hydroxyl groups excluding tert-OH is 1. The number of aromatic nitrogens is 2. The summed E-state index contributed by atoms with van der Waals surface area (Å²) in [6.07, 6.45) is 0. The molecule has 1 rings (SSSR count). The first-order valence-corrected chi connectivity index (χ1v) is 7.15. The van der Waals surface area contributed by atoms with Gasteiger partial charge in [-0.1, -0.05) is 27.7 Å². The number of thioether (sulfide) groups is 1. The average Bonchev–Trinajstić information content (AvgIpc) is 2.27. The predicted molar refractivity (Wildman–Crippen MR) is 77.3 cm³/mol. The van der Waals surface area contributed by atoms with Gasteiger partial charge in [0.2, 0.25) is 0 Å². The van der Waals surface area contributed by atoms with Crippen LogP contribution in [0.4, 0.5) is 5.82 Å². The van der Waals surface area contributed by atoms with E-state index in [0.29, 0.717) is 0 Å². The Morgan fingerprint density at radius 2 is 2.06 bits per heavy atom. The third-order valence-electron chi connectivity index (χ3n) is 2.31. The molecule has 0 radical (unpaired) electrons. The molecule has 0 amide bonds. The first-order valence-electron chi connectivity index (χ1n) is 6.27. The molecule has 1 unspecified atom stereocenters. The number of nitrogens with zero attached hydrogens (tertiary/aromatic N) is 2. The van der Waals surface area contributed by atoms with Crippen LogP contribution in [0.25, 0.3) is 0 Å². The van der Waals surface area contributed by atoms with Crippen LogP contribution < -0.4 is 5.32 Å². The second kappa shape index (κ2) is 6.38. The molecule has 0 aliphatic rings. The highest BCUT2D eigenvalue weighted by atomic mass is 32.2. The first-order chi connectivity index (χ1) is 8.36. The van der Waals surface area contributed by atoms with Crippen molar-refractivity contribution >= 4 is 17.6 Å². The maximum Gasteiger partial charge on any atom is 0.137 e. The lowest BCUT2D eigenvalue weighted by molar-refractivity contribution is 0.300. The molecule has 0 spiro atoms. The quantitative estimate of drug-likeness (QED) is 0.636. The smallest absolute Gasteiger partial charge is 0.137 e. The lowest BCUT2D eigenvalue weighted by Gasteiger charge is -2.19. The minimum Gasteiger partial charge on any atom is -0.395 e. The Balaban J connectivity index is 3.06. The Bertz CT molecular complexity index is 390. The number of hydrogen-bond donors (Lipinski definition) is 2. The molecule has 0 saturated carbocycles. The maximum absolute atomic E-state index is 9.12. The van der Waals surface area contributed by atoms with Gasteiger partial charge in [-0.15, -0.1) is 11.8 Å². The van der Waals surface area contributed by atoms with Gasteiger partial charge in [0.05, 0.1) is 6.61 Å². The van der Waals surface area contributed by atoms with Crippen LogP contribution >= 0.6 is 11.8 Å². The third-order valence-corrected chi connectivity index (χ3v) is 3.31. The molecule has 1 atom stereocenters. The zero-order chi connectivity index (χ0) is 13.8. The van der Waals surface area contributed by atoms with E-state index in [0.717, 1.165) is 23.2 Å². The summed E-state index contributed by atoms with van der Waals surface area (Å²) in [4.78, 5) is 9.11. The lowest BCUT2D eigenvalue weighted by atomic mass is 9.96. The van der Waals surface area contributed by atoms with E-state index in [1.54, 1.807) is 11.8 Å². The van der Waals surface area contributed by atoms with Crippen molar-refractivity contribution in [1.29, 1.82) is 0 Å². The van der Waals surface area contributed by atoms with E-state index in [2.05, 4.69) is 36.1 Å². The van der Waals surface area contributed by atoms with Crippen LogP contribution in [0, 0.1) is 0 Å². The van der Waals surface area contributed by atoms with Gasteiger partial charge >= 0.3 is 0 Å². The Morgan fingerprint density at radius 3 is 2.56 bits per heavy atom. The standard InChI is InChI=1S/C13H23N3OS/c1-6-14-10-7-11(18-9(2)8-17)16-12(15-10)13(3,4)5/h7,9,17H,6,8H2,1-5H3,(H,14,15,16). The number of nitrogens with one attached hydrogen (secondary N) is 1. The van der Waals surface area contributed by atoms with Gasteiger partial charge in [-0.2, -0.15) is 0 Å². The highest BCUT2D eigenvalue weighted by Gasteiger charge is 2.19. The van der Waals surface area contributed by atoms with Gasteiger partial charge in [-0.25, -0.2) is 9.97 Å². The number of anilines is 1. The Kier molecular flexibility index (Phi) is 5.41. The Hall–Kier alpha value is -0.810. The van der Waals surface area contributed by atoms with Crippen molar-refractivity contribution in [3.05, 3.63) is 11.9 Å². The fraction of sp³-hybridized carbons (Fsp3) is 0.692. The zero-order valence-electron chi connectivity index (χ0n) is 11.8. The zero-order valence-corrected chi connectivity index (χ0v) is 12.6. The Labute approximate surface area is 114 Å². The van der Waals surface area contributed by atoms with Gasteiger partial charge in [0.25, 0.3) is 0 Å². The molecule has 2 N–H and O–H groups in total. The molecule has 0 fully saturated rings. The van der Waals surface area contributed by atoms with Crippen molar-refractivity contribution in [2.45, 2.75) is 50.3 Å². The van der Waals surface area contributed by atoms with Crippen molar-refractivity contribution < 1.29 is 5.11 Å². The van der Waals surface area contributed by atoms with Gasteiger partial charge in [0, 0.05) is 23.3 Å². The van der Waals surface area contributed by atoms with E-state index in [9.17, 15) is 0 Å². The molecule has 1 heterocycles. The van der Waals surface area contributed by atoms with Crippen LogP contribution in [0.2, 0.25) is 0 Å². The van der Waals surface area contributed by atoms with E-state index >= 15 is 0 Å². The summed E-state index contributed by atoms with van der Waals surface area (Å²) >= 11 is 1.57. The highest BCUT2D eigenvalue weighted by molar-refractivity contribution is 7.99. The summed E-state index contributed by atoms with van der Waals surface area (Å²) in [6, 6.07) is 1.94. The summed E-state index contributed by atoms with van der Waals surface area (Å²) in [6.45, 7) is 11.3. The second-order valence-corrected chi connectivity index (χ2v) is 6.77. The minimum atomic E-state index is -0.0802. The fourth-order valence-corrected chi connectivity index (χ4v) is 2.14. The van der Waals surface area contributed by atoms with Gasteiger partial charge < -0.3 is 10.4 Å². The summed E-state index contributed by atoms with van der Waals surface area (Å²) < 4.78 is 0. The van der Waals surface area contributed by atoms with E-state index in [1.165, 1.54) is 0 Å². The largest absolute Gasteiger partial charge is 0.395 e. The molecular formula is C13H23N3OS. The van der Waals surface area contributed by atoms with E-state index in [1.807, 2.05) is 19.9 Å². The molecule has 1 aromatic rings. The number of aliphatic hydroxyl groups is 1. The van der Waals surface area contributed by atoms with Crippen LogP contribution in [0.1, 0.15) is 40.4 Å². The molecule has 5 heteroatoms. The molecule has 4 nitrogen and oxygen atoms in total. The molecule has 0 saturated heterocycles. The third kappa shape index (κ3) is 4.46. The molecule has 0 aromatic carbocycles.